The Hall–Kier alpha value is -1.25. The Morgan fingerprint density at radius 2 is 1.78 bits per heavy atom. The SMILES string of the molecule is [B]N(CCl)C(=O)OCC(CCCCCCN(C)C)S(=O)(=O)c1ccccc1. The molecule has 1 atom stereocenters. The van der Waals surface area contributed by atoms with Gasteiger partial charge in [0.25, 0.3) is 0 Å². The highest BCUT2D eigenvalue weighted by Gasteiger charge is 2.28. The van der Waals surface area contributed by atoms with Crippen molar-refractivity contribution in [3.8, 4) is 0 Å². The third kappa shape index (κ3) is 8.53. The molecule has 0 aliphatic carbocycles. The fourth-order valence-corrected chi connectivity index (χ4v) is 4.32. The maximum atomic E-state index is 12.9. The summed E-state index contributed by atoms with van der Waals surface area (Å²) in [4.78, 5) is 14.8. The molecule has 1 amide bonds. The van der Waals surface area contributed by atoms with Gasteiger partial charge < -0.3 is 14.4 Å². The minimum absolute atomic E-state index is 0.223. The van der Waals surface area contributed by atoms with E-state index in [4.69, 9.17) is 24.3 Å². The van der Waals surface area contributed by atoms with Crippen LogP contribution in [0.15, 0.2) is 35.2 Å². The minimum atomic E-state index is -3.61. The third-order valence-electron chi connectivity index (χ3n) is 4.15. The van der Waals surface area contributed by atoms with Crippen molar-refractivity contribution in [3.05, 3.63) is 30.3 Å². The van der Waals surface area contributed by atoms with Crippen LogP contribution in [-0.2, 0) is 14.6 Å². The molecule has 0 aliphatic heterocycles. The predicted molar refractivity (Wildman–Crippen MR) is 109 cm³/mol. The van der Waals surface area contributed by atoms with Gasteiger partial charge in [0.1, 0.15) is 11.9 Å². The summed E-state index contributed by atoms with van der Waals surface area (Å²) in [5.74, 6) is 0. The van der Waals surface area contributed by atoms with E-state index < -0.39 is 21.2 Å². The Labute approximate surface area is 169 Å². The molecule has 6 nitrogen and oxygen atoms in total. The van der Waals surface area contributed by atoms with Gasteiger partial charge in [0.05, 0.1) is 10.9 Å². The van der Waals surface area contributed by atoms with E-state index in [1.54, 1.807) is 30.3 Å². The summed E-state index contributed by atoms with van der Waals surface area (Å²) < 4.78 is 30.9. The van der Waals surface area contributed by atoms with E-state index in [0.29, 0.717) is 11.2 Å². The molecule has 1 aromatic rings. The van der Waals surface area contributed by atoms with Gasteiger partial charge in [-0.1, -0.05) is 37.5 Å². The molecule has 0 spiro atoms. The number of amides is 1. The molecule has 0 aromatic heterocycles. The zero-order valence-corrected chi connectivity index (χ0v) is 17.6. The van der Waals surface area contributed by atoms with Gasteiger partial charge >= 0.3 is 6.09 Å². The molecule has 27 heavy (non-hydrogen) atoms. The number of carbonyl (C=O) groups is 1. The quantitative estimate of drug-likeness (QED) is 0.228. The summed E-state index contributed by atoms with van der Waals surface area (Å²) in [7, 11) is 5.81. The molecule has 9 heteroatoms. The monoisotopic (exact) mass is 414 g/mol. The van der Waals surface area contributed by atoms with Crippen LogP contribution in [0.3, 0.4) is 0 Å². The normalized spacial score (nSPS) is 12.7. The van der Waals surface area contributed by atoms with Crippen molar-refractivity contribution in [2.75, 3.05) is 33.3 Å². The number of benzene rings is 1. The van der Waals surface area contributed by atoms with Crippen molar-refractivity contribution >= 4 is 35.5 Å². The molecule has 1 rings (SSSR count). The molecule has 0 fully saturated rings. The molecule has 0 bridgehead atoms. The summed E-state index contributed by atoms with van der Waals surface area (Å²) in [6.45, 7) is 0.756. The first-order valence-corrected chi connectivity index (χ1v) is 11.1. The first kappa shape index (κ1) is 23.8. The Morgan fingerprint density at radius 3 is 2.37 bits per heavy atom. The molecule has 0 saturated carbocycles. The highest BCUT2D eigenvalue weighted by Crippen LogP contribution is 2.21. The smallest absolute Gasteiger partial charge is 0.397 e. The molecular weight excluding hydrogens is 387 g/mol. The molecule has 2 radical (unpaired) electrons. The maximum absolute atomic E-state index is 12.9. The van der Waals surface area contributed by atoms with Crippen molar-refractivity contribution in [1.29, 1.82) is 0 Å². The lowest BCUT2D eigenvalue weighted by Gasteiger charge is -2.20. The van der Waals surface area contributed by atoms with Crippen LogP contribution in [0.4, 0.5) is 4.79 Å². The van der Waals surface area contributed by atoms with E-state index >= 15 is 0 Å². The van der Waals surface area contributed by atoms with Crippen LogP contribution in [0, 0.1) is 0 Å². The largest absolute Gasteiger partial charge is 0.449 e. The molecule has 1 aromatic carbocycles. The number of hydrogen-bond donors (Lipinski definition) is 0. The van der Waals surface area contributed by atoms with Crippen molar-refractivity contribution in [1.82, 2.24) is 9.71 Å². The average molecular weight is 415 g/mol. The second-order valence-electron chi connectivity index (χ2n) is 6.65. The fourth-order valence-electron chi connectivity index (χ4n) is 2.58. The average Bonchev–Trinajstić information content (AvgIpc) is 2.66. The van der Waals surface area contributed by atoms with Crippen LogP contribution >= 0.6 is 11.6 Å². The Morgan fingerprint density at radius 1 is 1.15 bits per heavy atom. The number of sulfone groups is 1. The molecule has 0 heterocycles. The number of hydrogen-bond acceptors (Lipinski definition) is 5. The van der Waals surface area contributed by atoms with E-state index in [-0.39, 0.29) is 17.5 Å². The maximum Gasteiger partial charge on any atom is 0.397 e. The summed E-state index contributed by atoms with van der Waals surface area (Å²) in [6.07, 6.45) is 3.33. The van der Waals surface area contributed by atoms with Crippen LogP contribution in [0.5, 0.6) is 0 Å². The van der Waals surface area contributed by atoms with Crippen LogP contribution < -0.4 is 0 Å². The third-order valence-corrected chi connectivity index (χ3v) is 6.58. The van der Waals surface area contributed by atoms with Crippen LogP contribution in [0.25, 0.3) is 0 Å². The summed E-state index contributed by atoms with van der Waals surface area (Å²) >= 11 is 5.48. The summed E-state index contributed by atoms with van der Waals surface area (Å²) in [5, 5.41) is -0.818. The topological polar surface area (TPSA) is 66.9 Å². The lowest BCUT2D eigenvalue weighted by atomic mass is 10.1. The van der Waals surface area contributed by atoms with E-state index in [2.05, 4.69) is 4.90 Å². The number of alkyl halides is 1. The molecule has 0 saturated heterocycles. The second-order valence-corrected chi connectivity index (χ2v) is 9.12. The fraction of sp³-hybridized carbons (Fsp3) is 0.611. The number of nitrogens with zero attached hydrogens (tertiary/aromatic N) is 2. The lowest BCUT2D eigenvalue weighted by Crippen LogP contribution is -2.33. The standard InChI is InChI=1S/C18H28BClN2O4S/c1-21(2)13-9-4-3-6-12-17(14-26-18(23)22(19)15-20)27(24,25)16-10-7-5-8-11-16/h5,7-8,10-11,17H,3-4,6,9,12-15H2,1-2H3. The van der Waals surface area contributed by atoms with Gasteiger partial charge in [0, 0.05) is 0 Å². The molecule has 150 valence electrons. The van der Waals surface area contributed by atoms with E-state index in [1.165, 1.54) is 0 Å². The van der Waals surface area contributed by atoms with E-state index in [9.17, 15) is 13.2 Å². The predicted octanol–water partition coefficient (Wildman–Crippen LogP) is 3.06. The van der Waals surface area contributed by atoms with Crippen molar-refractivity contribution in [3.63, 3.8) is 0 Å². The highest BCUT2D eigenvalue weighted by molar-refractivity contribution is 7.92. The van der Waals surface area contributed by atoms with Gasteiger partial charge in [0.2, 0.25) is 7.98 Å². The van der Waals surface area contributed by atoms with Crippen molar-refractivity contribution < 1.29 is 17.9 Å². The molecular formula is C18H28BClN2O4S. The highest BCUT2D eigenvalue weighted by atomic mass is 35.5. The van der Waals surface area contributed by atoms with Crippen LogP contribution in [0.1, 0.15) is 32.1 Å². The first-order valence-electron chi connectivity index (χ1n) is 8.97. The van der Waals surface area contributed by atoms with Gasteiger partial charge in [-0.25, -0.2) is 13.2 Å². The Bertz CT molecular complexity index is 659. The number of halogens is 1. The van der Waals surface area contributed by atoms with Gasteiger partial charge in [-0.2, -0.15) is 0 Å². The molecule has 0 aliphatic rings. The van der Waals surface area contributed by atoms with Crippen LogP contribution in [-0.4, -0.2) is 70.7 Å². The second kappa shape index (κ2) is 12.3. The lowest BCUT2D eigenvalue weighted by molar-refractivity contribution is 0.128. The van der Waals surface area contributed by atoms with Crippen molar-refractivity contribution in [2.45, 2.75) is 42.2 Å². The van der Waals surface area contributed by atoms with Gasteiger partial charge in [0.15, 0.2) is 9.84 Å². The first-order chi connectivity index (χ1) is 12.8. The number of carbonyl (C=O) groups excluding carboxylic acids is 1. The van der Waals surface area contributed by atoms with Gasteiger partial charge in [-0.05, 0) is 45.6 Å². The van der Waals surface area contributed by atoms with Gasteiger partial charge in [-0.3, -0.25) is 0 Å². The zero-order chi connectivity index (χ0) is 20.3. The number of ether oxygens (including phenoxy) is 1. The number of unbranched alkanes of at least 4 members (excludes halogenated alkanes) is 3. The molecule has 0 N–H and O–H groups in total. The Kier molecular flexibility index (Phi) is 10.8. The molecule has 1 unspecified atom stereocenters. The summed E-state index contributed by atoms with van der Waals surface area (Å²) in [5.41, 5.74) is 0. The van der Waals surface area contributed by atoms with Gasteiger partial charge in [-0.15, -0.1) is 11.6 Å². The van der Waals surface area contributed by atoms with Crippen LogP contribution in [0.2, 0.25) is 0 Å². The Balaban J connectivity index is 2.70. The van der Waals surface area contributed by atoms with E-state index in [0.717, 1.165) is 32.2 Å². The van der Waals surface area contributed by atoms with E-state index in [1.807, 2.05) is 14.1 Å². The summed E-state index contributed by atoms with van der Waals surface area (Å²) in [6, 6.07) is 7.97. The van der Waals surface area contributed by atoms with Crippen molar-refractivity contribution in [2.24, 2.45) is 0 Å². The zero-order valence-electron chi connectivity index (χ0n) is 16.0. The number of rotatable bonds is 12. The minimum Gasteiger partial charge on any atom is -0.449 e.